The fourth-order valence-electron chi connectivity index (χ4n) is 6.61. The Bertz CT molecular complexity index is 963. The Morgan fingerprint density at radius 3 is 1.15 bits per heavy atom. The smallest absolute Gasteiger partial charge is 0.0431 e. The van der Waals surface area contributed by atoms with Gasteiger partial charge in [0.15, 0.2) is 0 Å². The predicted molar refractivity (Wildman–Crippen MR) is 144 cm³/mol. The molecule has 0 amide bonds. The second-order valence-corrected chi connectivity index (χ2v) is 11.4. The zero-order valence-corrected chi connectivity index (χ0v) is 22.7. The molecule has 0 unspecified atom stereocenters. The first-order valence-electron chi connectivity index (χ1n) is 12.3. The largest absolute Gasteiger partial charge is 0.396 e. The molecule has 2 aliphatic rings. The number of aliphatic hydroxyl groups excluding tert-OH is 4. The summed E-state index contributed by atoms with van der Waals surface area (Å²) < 4.78 is 2.05. The van der Waals surface area contributed by atoms with Gasteiger partial charge in [-0.25, -0.2) is 0 Å². The Hall–Kier alpha value is -1.02. The van der Waals surface area contributed by atoms with Gasteiger partial charge in [0.2, 0.25) is 0 Å². The number of allylic oxidation sites excluding steroid dienone is 2. The summed E-state index contributed by atoms with van der Waals surface area (Å²) in [6, 6.07) is 13.1. The second kappa shape index (κ2) is 10.9. The molecular weight excluding hydrogens is 560 g/mol. The van der Waals surface area contributed by atoms with Crippen LogP contribution < -0.4 is 0 Å². The van der Waals surface area contributed by atoms with Gasteiger partial charge in [-0.2, -0.15) is 0 Å². The van der Waals surface area contributed by atoms with Gasteiger partial charge in [0.1, 0.15) is 0 Å². The van der Waals surface area contributed by atoms with Crippen LogP contribution in [0, 0.1) is 0 Å². The van der Waals surface area contributed by atoms with Crippen molar-refractivity contribution in [3.63, 3.8) is 0 Å². The van der Waals surface area contributed by atoms with Gasteiger partial charge in [-0.3, -0.25) is 0 Å². The number of halogens is 2. The Morgan fingerprint density at radius 1 is 0.529 bits per heavy atom. The van der Waals surface area contributed by atoms with Crippen molar-refractivity contribution < 1.29 is 20.4 Å². The monoisotopic (exact) mass is 592 g/mol. The molecule has 0 spiro atoms. The van der Waals surface area contributed by atoms with Crippen LogP contribution in [-0.4, -0.2) is 46.9 Å². The van der Waals surface area contributed by atoms with Gasteiger partial charge in [0, 0.05) is 46.2 Å². The predicted octanol–water partition coefficient (Wildman–Crippen LogP) is 5.72. The molecule has 0 bridgehead atoms. The highest BCUT2D eigenvalue weighted by atomic mass is 79.9. The van der Waals surface area contributed by atoms with Gasteiger partial charge in [-0.15, -0.1) is 0 Å². The Labute approximate surface area is 219 Å². The van der Waals surface area contributed by atoms with E-state index in [4.69, 9.17) is 0 Å². The normalized spacial score (nSPS) is 17.1. The Kier molecular flexibility index (Phi) is 8.38. The van der Waals surface area contributed by atoms with Crippen LogP contribution in [0.1, 0.15) is 73.6 Å². The number of rotatable bonds is 12. The van der Waals surface area contributed by atoms with E-state index in [2.05, 4.69) is 68.3 Å². The van der Waals surface area contributed by atoms with E-state index >= 15 is 0 Å². The van der Waals surface area contributed by atoms with E-state index in [0.717, 1.165) is 34.6 Å². The fraction of sp³-hybridized carbons (Fsp3) is 0.500. The van der Waals surface area contributed by atoms with E-state index in [1.54, 1.807) is 0 Å². The van der Waals surface area contributed by atoms with Gasteiger partial charge in [-0.1, -0.05) is 44.0 Å². The number of benzene rings is 2. The minimum absolute atomic E-state index is 0.125. The summed E-state index contributed by atoms with van der Waals surface area (Å²) in [5, 5.41) is 39.4. The zero-order chi connectivity index (χ0) is 24.3. The van der Waals surface area contributed by atoms with Crippen molar-refractivity contribution in [3.8, 4) is 0 Å². The average Bonchev–Trinajstić information content (AvgIpc) is 3.27. The van der Waals surface area contributed by atoms with Gasteiger partial charge < -0.3 is 20.4 Å². The molecule has 4 rings (SSSR count). The molecule has 0 saturated heterocycles. The van der Waals surface area contributed by atoms with Gasteiger partial charge in [0.05, 0.1) is 0 Å². The molecule has 0 aliphatic heterocycles. The molecule has 0 fully saturated rings. The van der Waals surface area contributed by atoms with E-state index < -0.39 is 0 Å². The van der Waals surface area contributed by atoms with Gasteiger partial charge in [0.25, 0.3) is 0 Å². The number of fused-ring (bicyclic) bond motifs is 4. The highest BCUT2D eigenvalue weighted by Gasteiger charge is 2.55. The third-order valence-corrected chi connectivity index (χ3v) is 8.77. The standard InChI is InChI=1S/C28H34Br2O4/c29-19-5-7-21-23(17-19)27(9-1-13-31,10-2-14-32)25-22-8-6-20(30)18-24(22)28(26(21)25,11-3-15-33)12-4-16-34/h5-8,17-18,31-34H,1-4,9-16H2. The van der Waals surface area contributed by atoms with Crippen LogP contribution in [0.4, 0.5) is 0 Å². The lowest BCUT2D eigenvalue weighted by Gasteiger charge is -2.36. The van der Waals surface area contributed by atoms with Crippen LogP contribution in [0.15, 0.2) is 45.3 Å². The molecule has 34 heavy (non-hydrogen) atoms. The van der Waals surface area contributed by atoms with Crippen molar-refractivity contribution in [2.45, 2.75) is 62.2 Å². The van der Waals surface area contributed by atoms with Crippen LogP contribution in [0.3, 0.4) is 0 Å². The molecule has 0 radical (unpaired) electrons. The molecule has 2 aromatic rings. The Morgan fingerprint density at radius 2 is 0.853 bits per heavy atom. The molecule has 0 atom stereocenters. The second-order valence-electron chi connectivity index (χ2n) is 9.60. The van der Waals surface area contributed by atoms with E-state index in [-0.39, 0.29) is 37.3 Å². The van der Waals surface area contributed by atoms with Crippen LogP contribution in [0.5, 0.6) is 0 Å². The highest BCUT2D eigenvalue weighted by molar-refractivity contribution is 9.10. The summed E-state index contributed by atoms with van der Waals surface area (Å²) in [6.07, 6.45) is 5.94. The van der Waals surface area contributed by atoms with Gasteiger partial charge >= 0.3 is 0 Å². The molecule has 2 aromatic carbocycles. The van der Waals surface area contributed by atoms with Crippen molar-refractivity contribution in [3.05, 3.63) is 67.6 Å². The van der Waals surface area contributed by atoms with Crippen molar-refractivity contribution >= 4 is 43.0 Å². The van der Waals surface area contributed by atoms with Crippen molar-refractivity contribution in [1.29, 1.82) is 0 Å². The molecular formula is C28H34Br2O4. The molecule has 2 aliphatic carbocycles. The minimum atomic E-state index is -0.303. The molecule has 184 valence electrons. The molecule has 6 heteroatoms. The number of hydrogen-bond donors (Lipinski definition) is 4. The first-order chi connectivity index (χ1) is 16.5. The number of aliphatic hydroxyl groups is 4. The average molecular weight is 594 g/mol. The molecule has 4 N–H and O–H groups in total. The quantitative estimate of drug-likeness (QED) is 0.254. The lowest BCUT2D eigenvalue weighted by molar-refractivity contribution is 0.251. The third-order valence-electron chi connectivity index (χ3n) is 7.79. The van der Waals surface area contributed by atoms with E-state index in [1.807, 2.05) is 0 Å². The molecule has 0 aromatic heterocycles. The maximum atomic E-state index is 9.84. The van der Waals surface area contributed by atoms with Crippen molar-refractivity contribution in [2.24, 2.45) is 0 Å². The molecule has 0 heterocycles. The summed E-state index contributed by atoms with van der Waals surface area (Å²) in [5.74, 6) is 0. The first kappa shape index (κ1) is 26.1. The van der Waals surface area contributed by atoms with E-state index in [9.17, 15) is 20.4 Å². The van der Waals surface area contributed by atoms with E-state index in [0.29, 0.717) is 25.7 Å². The zero-order valence-electron chi connectivity index (χ0n) is 19.5. The van der Waals surface area contributed by atoms with Crippen LogP contribution in [0.25, 0.3) is 11.1 Å². The summed E-state index contributed by atoms with van der Waals surface area (Å²) in [4.78, 5) is 0. The van der Waals surface area contributed by atoms with Crippen LogP contribution >= 0.6 is 31.9 Å². The highest BCUT2D eigenvalue weighted by Crippen LogP contribution is 2.67. The van der Waals surface area contributed by atoms with Crippen LogP contribution in [-0.2, 0) is 10.8 Å². The number of hydrogen-bond acceptors (Lipinski definition) is 4. The summed E-state index contributed by atoms with van der Waals surface area (Å²) in [6.45, 7) is 0.501. The SMILES string of the molecule is OCCCC1(CCCO)C2=C(c3ccc(Br)cc31)C(CCCO)(CCCO)c1cc(Br)ccc12. The lowest BCUT2D eigenvalue weighted by Crippen LogP contribution is -2.28. The van der Waals surface area contributed by atoms with E-state index in [1.165, 1.54) is 33.4 Å². The maximum Gasteiger partial charge on any atom is 0.0431 e. The van der Waals surface area contributed by atoms with Crippen molar-refractivity contribution in [2.75, 3.05) is 26.4 Å². The molecule has 0 saturated carbocycles. The summed E-state index contributed by atoms with van der Waals surface area (Å²) >= 11 is 7.39. The van der Waals surface area contributed by atoms with Crippen molar-refractivity contribution in [1.82, 2.24) is 0 Å². The first-order valence-corrected chi connectivity index (χ1v) is 13.9. The Balaban J connectivity index is 2.06. The molecule has 4 nitrogen and oxygen atoms in total. The minimum Gasteiger partial charge on any atom is -0.396 e. The van der Waals surface area contributed by atoms with Gasteiger partial charge in [-0.05, 0) is 109 Å². The summed E-state index contributed by atoms with van der Waals surface area (Å²) in [7, 11) is 0. The summed E-state index contributed by atoms with van der Waals surface area (Å²) in [5.41, 5.74) is 7.03. The lowest BCUT2D eigenvalue weighted by atomic mass is 9.67. The third kappa shape index (κ3) is 4.25. The maximum absolute atomic E-state index is 9.84. The van der Waals surface area contributed by atoms with Crippen LogP contribution in [0.2, 0.25) is 0 Å². The fourth-order valence-corrected chi connectivity index (χ4v) is 7.33. The topological polar surface area (TPSA) is 80.9 Å².